The van der Waals surface area contributed by atoms with Crippen molar-refractivity contribution in [1.29, 1.82) is 0 Å². The number of piperidine rings is 2. The third-order valence-electron chi connectivity index (χ3n) is 5.20. The smallest absolute Gasteiger partial charge is 0.309 e. The van der Waals surface area contributed by atoms with Gasteiger partial charge in [0, 0.05) is 6.04 Å². The number of halogens is 3. The number of alkyl halides is 3. The first-order valence-electron chi connectivity index (χ1n) is 7.71. The normalized spacial score (nSPS) is 30.1. The third-order valence-corrected chi connectivity index (χ3v) is 5.20. The van der Waals surface area contributed by atoms with Crippen molar-refractivity contribution in [1.82, 2.24) is 4.90 Å². The molecule has 3 saturated heterocycles. The lowest BCUT2D eigenvalue weighted by Gasteiger charge is -2.45. The maximum atomic E-state index is 12.9. The van der Waals surface area contributed by atoms with Gasteiger partial charge in [-0.05, 0) is 49.8 Å². The molecule has 1 saturated carbocycles. The summed E-state index contributed by atoms with van der Waals surface area (Å²) in [6.45, 7) is 0. The van der Waals surface area contributed by atoms with Gasteiger partial charge in [0.05, 0.1) is 11.3 Å². The van der Waals surface area contributed by atoms with Crippen molar-refractivity contribution < 1.29 is 22.8 Å². The van der Waals surface area contributed by atoms with Crippen LogP contribution in [0, 0.1) is 5.92 Å². The van der Waals surface area contributed by atoms with Crippen molar-refractivity contribution >= 4 is 17.6 Å². The number of amides is 3. The number of carbonyl (C=O) groups excluding carboxylic acids is 2. The highest BCUT2D eigenvalue weighted by molar-refractivity contribution is 6.21. The molecule has 1 unspecified atom stereocenters. The Kier molecular flexibility index (Phi) is 2.98. The molecule has 1 aromatic carbocycles. The molecule has 23 heavy (non-hydrogen) atoms. The molecule has 1 aliphatic carbocycles. The second-order valence-electron chi connectivity index (χ2n) is 6.43. The third kappa shape index (κ3) is 2.05. The van der Waals surface area contributed by atoms with Crippen LogP contribution < -0.4 is 4.90 Å². The van der Waals surface area contributed by atoms with Crippen LogP contribution in [0.25, 0.3) is 0 Å². The van der Waals surface area contributed by atoms with E-state index < -0.39 is 23.8 Å². The van der Waals surface area contributed by atoms with E-state index >= 15 is 0 Å². The van der Waals surface area contributed by atoms with Crippen LogP contribution >= 0.6 is 0 Å². The number of imide groups is 1. The molecule has 2 bridgehead atoms. The summed E-state index contributed by atoms with van der Waals surface area (Å²) in [5.41, 5.74) is -0.855. The van der Waals surface area contributed by atoms with E-state index in [1.807, 2.05) is 0 Å². The Morgan fingerprint density at radius 2 is 1.74 bits per heavy atom. The standard InChI is InChI=1S/C16H15F3N2O2/c17-16(18,19)10-2-1-3-12(8-10)21-14(22)13-9-4-6-11(7-5-9)20(13)15(21)23/h1-3,8-9,11,13H,4-7H2. The number of nitrogens with zero attached hydrogens (tertiary/aromatic N) is 2. The molecule has 4 aliphatic rings. The number of hydrogen-bond acceptors (Lipinski definition) is 2. The maximum Gasteiger partial charge on any atom is 0.416 e. The average molecular weight is 324 g/mol. The van der Waals surface area contributed by atoms with Crippen LogP contribution in [-0.4, -0.2) is 28.9 Å². The molecular formula is C16H15F3N2O2. The molecule has 4 fully saturated rings. The molecule has 3 amide bonds. The number of benzene rings is 1. The van der Waals surface area contributed by atoms with Gasteiger partial charge in [-0.2, -0.15) is 13.2 Å². The summed E-state index contributed by atoms with van der Waals surface area (Å²) in [4.78, 5) is 27.9. The molecule has 7 heteroatoms. The number of hydrogen-bond donors (Lipinski definition) is 0. The first-order valence-corrected chi connectivity index (χ1v) is 7.71. The van der Waals surface area contributed by atoms with E-state index in [-0.39, 0.29) is 23.6 Å². The van der Waals surface area contributed by atoms with Gasteiger partial charge < -0.3 is 4.90 Å². The first kappa shape index (κ1) is 14.5. The Labute approximate surface area is 130 Å². The quantitative estimate of drug-likeness (QED) is 0.743. The lowest BCUT2D eigenvalue weighted by molar-refractivity contribution is -0.137. The fraction of sp³-hybridized carbons (Fsp3) is 0.500. The molecule has 1 aromatic rings. The number of fused-ring (bicyclic) bond motifs is 2. The van der Waals surface area contributed by atoms with Crippen molar-refractivity contribution in [2.45, 2.75) is 43.9 Å². The predicted octanol–water partition coefficient (Wildman–Crippen LogP) is 3.42. The molecule has 0 spiro atoms. The fourth-order valence-electron chi connectivity index (χ4n) is 4.15. The highest BCUT2D eigenvalue weighted by Crippen LogP contribution is 2.45. The summed E-state index contributed by atoms with van der Waals surface area (Å²) >= 11 is 0. The van der Waals surface area contributed by atoms with Crippen LogP contribution in [0.2, 0.25) is 0 Å². The molecule has 5 rings (SSSR count). The van der Waals surface area contributed by atoms with E-state index in [4.69, 9.17) is 0 Å². The lowest BCUT2D eigenvalue weighted by Crippen LogP contribution is -2.54. The van der Waals surface area contributed by atoms with Crippen molar-refractivity contribution in [3.05, 3.63) is 29.8 Å². The zero-order valence-corrected chi connectivity index (χ0v) is 12.2. The van der Waals surface area contributed by atoms with Gasteiger partial charge in [0.15, 0.2) is 0 Å². The molecule has 3 heterocycles. The van der Waals surface area contributed by atoms with Gasteiger partial charge >= 0.3 is 12.2 Å². The van der Waals surface area contributed by atoms with E-state index in [0.717, 1.165) is 42.7 Å². The van der Waals surface area contributed by atoms with Gasteiger partial charge in [0.2, 0.25) is 0 Å². The summed E-state index contributed by atoms with van der Waals surface area (Å²) in [5, 5.41) is 0. The van der Waals surface area contributed by atoms with Gasteiger partial charge in [-0.3, -0.25) is 4.79 Å². The Morgan fingerprint density at radius 3 is 2.35 bits per heavy atom. The minimum atomic E-state index is -4.51. The van der Waals surface area contributed by atoms with E-state index in [1.54, 1.807) is 4.90 Å². The fourth-order valence-corrected chi connectivity index (χ4v) is 4.15. The van der Waals surface area contributed by atoms with Crippen LogP contribution in [0.3, 0.4) is 0 Å². The summed E-state index contributed by atoms with van der Waals surface area (Å²) in [6.07, 6.45) is -0.955. The number of carbonyl (C=O) groups is 2. The van der Waals surface area contributed by atoms with Crippen molar-refractivity contribution in [2.24, 2.45) is 5.92 Å². The minimum Gasteiger partial charge on any atom is -0.309 e. The Bertz CT molecular complexity index is 650. The predicted molar refractivity (Wildman–Crippen MR) is 75.7 cm³/mol. The number of anilines is 1. The highest BCUT2D eigenvalue weighted by atomic mass is 19.4. The molecule has 0 aromatic heterocycles. The van der Waals surface area contributed by atoms with Gasteiger partial charge in [0.1, 0.15) is 6.04 Å². The van der Waals surface area contributed by atoms with Crippen LogP contribution in [0.1, 0.15) is 31.2 Å². The minimum absolute atomic E-state index is 0.00336. The number of rotatable bonds is 1. The zero-order chi connectivity index (χ0) is 16.4. The summed E-state index contributed by atoms with van der Waals surface area (Å²) in [7, 11) is 0. The lowest BCUT2D eigenvalue weighted by atomic mass is 9.75. The Balaban J connectivity index is 1.73. The zero-order valence-electron chi connectivity index (χ0n) is 12.2. The highest BCUT2D eigenvalue weighted by Gasteiger charge is 2.56. The van der Waals surface area contributed by atoms with Crippen LogP contribution in [0.5, 0.6) is 0 Å². The van der Waals surface area contributed by atoms with Gasteiger partial charge in [-0.25, -0.2) is 9.69 Å². The van der Waals surface area contributed by atoms with Crippen molar-refractivity contribution in [3.8, 4) is 0 Å². The first-order chi connectivity index (χ1) is 10.9. The van der Waals surface area contributed by atoms with E-state index in [2.05, 4.69) is 0 Å². The molecule has 3 aliphatic heterocycles. The monoisotopic (exact) mass is 324 g/mol. The van der Waals surface area contributed by atoms with Gasteiger partial charge in [-0.15, -0.1) is 0 Å². The summed E-state index contributed by atoms with van der Waals surface area (Å²) < 4.78 is 38.6. The summed E-state index contributed by atoms with van der Waals surface area (Å²) in [5.74, 6) is -0.254. The summed E-state index contributed by atoms with van der Waals surface area (Å²) in [6, 6.07) is 3.48. The maximum absolute atomic E-state index is 12.9. The van der Waals surface area contributed by atoms with E-state index in [0.29, 0.717) is 0 Å². The average Bonchev–Trinajstić information content (AvgIpc) is 2.81. The second-order valence-corrected chi connectivity index (χ2v) is 6.43. The van der Waals surface area contributed by atoms with Crippen LogP contribution in [0.15, 0.2) is 24.3 Å². The second kappa shape index (κ2) is 4.72. The molecule has 0 radical (unpaired) electrons. The molecule has 122 valence electrons. The van der Waals surface area contributed by atoms with Gasteiger partial charge in [0.25, 0.3) is 5.91 Å². The molecule has 1 atom stereocenters. The van der Waals surface area contributed by atoms with Crippen molar-refractivity contribution in [2.75, 3.05) is 4.90 Å². The Hall–Kier alpha value is -2.05. The number of urea groups is 1. The topological polar surface area (TPSA) is 40.6 Å². The van der Waals surface area contributed by atoms with Crippen molar-refractivity contribution in [3.63, 3.8) is 0 Å². The van der Waals surface area contributed by atoms with E-state index in [9.17, 15) is 22.8 Å². The molecule has 4 nitrogen and oxygen atoms in total. The van der Waals surface area contributed by atoms with Crippen LogP contribution in [-0.2, 0) is 11.0 Å². The SMILES string of the molecule is O=C1C2C3CCC(CC3)N2C(=O)N1c1cccc(C(F)(F)F)c1. The Morgan fingerprint density at radius 1 is 1.04 bits per heavy atom. The molecular weight excluding hydrogens is 309 g/mol. The van der Waals surface area contributed by atoms with Crippen LogP contribution in [0.4, 0.5) is 23.7 Å². The molecule has 0 N–H and O–H groups in total. The van der Waals surface area contributed by atoms with E-state index in [1.165, 1.54) is 12.1 Å². The van der Waals surface area contributed by atoms with Gasteiger partial charge in [-0.1, -0.05) is 6.07 Å². The largest absolute Gasteiger partial charge is 0.416 e.